The zero-order chi connectivity index (χ0) is 24.1. The Hall–Kier alpha value is -0.410. The first kappa shape index (κ1) is 25.7. The van der Waals surface area contributed by atoms with Crippen molar-refractivity contribution in [2.24, 2.45) is 34.5 Å². The van der Waals surface area contributed by atoms with Crippen molar-refractivity contribution in [3.05, 3.63) is 11.6 Å². The van der Waals surface area contributed by atoms with Gasteiger partial charge >= 0.3 is 0 Å². The van der Waals surface area contributed by atoms with Gasteiger partial charge in [0.05, 0.1) is 18.3 Å². The van der Waals surface area contributed by atoms with Crippen molar-refractivity contribution in [1.29, 1.82) is 0 Å². The van der Waals surface area contributed by atoms with Gasteiger partial charge in [-0.05, 0) is 126 Å². The Morgan fingerprint density at radius 3 is 2.48 bits per heavy atom. The highest BCUT2D eigenvalue weighted by molar-refractivity contribution is 5.25. The summed E-state index contributed by atoms with van der Waals surface area (Å²) in [6.45, 7) is 12.5. The van der Waals surface area contributed by atoms with Crippen molar-refractivity contribution in [3.63, 3.8) is 0 Å². The highest BCUT2D eigenvalue weighted by atomic mass is 19.1. The van der Waals surface area contributed by atoms with E-state index in [0.717, 1.165) is 49.4 Å². The fourth-order valence-electron chi connectivity index (χ4n) is 8.62. The van der Waals surface area contributed by atoms with Crippen LogP contribution in [0.1, 0.15) is 119 Å². The van der Waals surface area contributed by atoms with Gasteiger partial charge in [0.1, 0.15) is 5.67 Å². The van der Waals surface area contributed by atoms with E-state index in [4.69, 9.17) is 4.74 Å². The predicted molar refractivity (Wildman–Crippen MR) is 135 cm³/mol. The number of ether oxygens (including phenoxy) is 1. The van der Waals surface area contributed by atoms with Gasteiger partial charge in [-0.15, -0.1) is 0 Å². The van der Waals surface area contributed by atoms with Gasteiger partial charge in [0.2, 0.25) is 0 Å². The Labute approximate surface area is 203 Å². The molecule has 0 bridgehead atoms. The van der Waals surface area contributed by atoms with Gasteiger partial charge in [-0.1, -0.05) is 38.3 Å². The molecule has 190 valence electrons. The molecule has 33 heavy (non-hydrogen) atoms. The summed E-state index contributed by atoms with van der Waals surface area (Å²) in [6.07, 6.45) is 17.7. The van der Waals surface area contributed by atoms with Crippen LogP contribution in [0.4, 0.5) is 4.39 Å². The fraction of sp³-hybridized carbons (Fsp3) is 0.933. The van der Waals surface area contributed by atoms with Crippen LogP contribution in [0.2, 0.25) is 0 Å². The minimum Gasteiger partial charge on any atom is -0.390 e. The van der Waals surface area contributed by atoms with Crippen molar-refractivity contribution < 1.29 is 14.2 Å². The third-order valence-electron chi connectivity index (χ3n) is 10.5. The molecule has 3 heteroatoms. The van der Waals surface area contributed by atoms with E-state index in [1.807, 2.05) is 13.8 Å². The second kappa shape index (κ2) is 9.23. The average Bonchev–Trinajstić information content (AvgIpc) is 3.04. The SMILES string of the molecule is CC(C)(O)CCCCC1CCC2[C@@H]3CC=C4C[C@@H](OCC(C)(C)F)CCC4(C)C3CCC12C. The normalized spacial score (nSPS) is 41.2. The molecule has 0 saturated heterocycles. The fourth-order valence-corrected chi connectivity index (χ4v) is 8.62. The largest absolute Gasteiger partial charge is 0.390 e. The van der Waals surface area contributed by atoms with Crippen LogP contribution in [-0.4, -0.2) is 29.1 Å². The molecule has 0 heterocycles. The van der Waals surface area contributed by atoms with Gasteiger partial charge in [0.15, 0.2) is 0 Å². The maximum absolute atomic E-state index is 14.0. The van der Waals surface area contributed by atoms with Crippen molar-refractivity contribution in [2.75, 3.05) is 6.61 Å². The van der Waals surface area contributed by atoms with Gasteiger partial charge in [-0.2, -0.15) is 0 Å². The maximum Gasteiger partial charge on any atom is 0.128 e. The van der Waals surface area contributed by atoms with Crippen LogP contribution in [0.3, 0.4) is 0 Å². The second-order valence-electron chi connectivity index (χ2n) is 14.0. The zero-order valence-corrected chi connectivity index (χ0v) is 22.4. The number of aliphatic hydroxyl groups is 1. The van der Waals surface area contributed by atoms with Crippen molar-refractivity contribution >= 4 is 0 Å². The number of unbranched alkanes of at least 4 members (excludes halogenated alkanes) is 1. The number of alkyl halides is 1. The Balaban J connectivity index is 1.39. The zero-order valence-electron chi connectivity index (χ0n) is 22.4. The summed E-state index contributed by atoms with van der Waals surface area (Å²) in [6, 6.07) is 0. The quantitative estimate of drug-likeness (QED) is 0.292. The molecule has 0 radical (unpaired) electrons. The Kier molecular flexibility index (Phi) is 7.18. The first-order valence-electron chi connectivity index (χ1n) is 14.0. The van der Waals surface area contributed by atoms with Crippen LogP contribution in [0, 0.1) is 34.5 Å². The van der Waals surface area contributed by atoms with Crippen LogP contribution in [0.5, 0.6) is 0 Å². The summed E-state index contributed by atoms with van der Waals surface area (Å²) in [4.78, 5) is 0. The van der Waals surface area contributed by atoms with E-state index in [9.17, 15) is 9.50 Å². The lowest BCUT2D eigenvalue weighted by molar-refractivity contribution is -0.0689. The van der Waals surface area contributed by atoms with Gasteiger partial charge in [0.25, 0.3) is 0 Å². The summed E-state index contributed by atoms with van der Waals surface area (Å²) < 4.78 is 20.0. The standard InChI is InChI=1S/C30H51FO2/c1-27(2,31)20-33-23-14-17-30(6)22(19-23)10-12-24-25-13-11-21(9-7-8-16-28(3,4)32)29(25,5)18-15-26(24)30/h10,21,23-26,32H,7-9,11-20H2,1-6H3/t21?,23-,24-,25?,26?,29?,30?/m0/s1. The minimum atomic E-state index is -1.24. The molecule has 0 amide bonds. The molecule has 0 aliphatic heterocycles. The molecule has 4 rings (SSSR count). The van der Waals surface area contributed by atoms with E-state index in [1.165, 1.54) is 51.4 Å². The van der Waals surface area contributed by atoms with Crippen molar-refractivity contribution in [1.82, 2.24) is 0 Å². The van der Waals surface area contributed by atoms with Crippen LogP contribution in [0.25, 0.3) is 0 Å². The molecule has 5 unspecified atom stereocenters. The minimum absolute atomic E-state index is 0.199. The summed E-state index contributed by atoms with van der Waals surface area (Å²) in [5.74, 6) is 3.42. The molecule has 7 atom stereocenters. The second-order valence-corrected chi connectivity index (χ2v) is 14.0. The number of hydrogen-bond donors (Lipinski definition) is 1. The molecule has 4 aliphatic carbocycles. The number of halogens is 1. The monoisotopic (exact) mass is 462 g/mol. The molecule has 3 saturated carbocycles. The molecule has 0 aromatic heterocycles. The molecular weight excluding hydrogens is 411 g/mol. The lowest BCUT2D eigenvalue weighted by Gasteiger charge is -2.58. The van der Waals surface area contributed by atoms with Crippen LogP contribution in [0.15, 0.2) is 11.6 Å². The molecule has 3 fully saturated rings. The number of hydrogen-bond acceptors (Lipinski definition) is 2. The topological polar surface area (TPSA) is 29.5 Å². The summed E-state index contributed by atoms with van der Waals surface area (Å²) in [5.41, 5.74) is 0.716. The Morgan fingerprint density at radius 1 is 1.03 bits per heavy atom. The lowest BCUT2D eigenvalue weighted by atomic mass is 9.47. The Bertz CT molecular complexity index is 716. The van der Waals surface area contributed by atoms with E-state index in [0.29, 0.717) is 10.8 Å². The summed E-state index contributed by atoms with van der Waals surface area (Å²) in [7, 11) is 0. The summed E-state index contributed by atoms with van der Waals surface area (Å²) >= 11 is 0. The van der Waals surface area contributed by atoms with Crippen molar-refractivity contribution in [3.8, 4) is 0 Å². The maximum atomic E-state index is 14.0. The van der Waals surface area contributed by atoms with E-state index in [-0.39, 0.29) is 12.7 Å². The number of allylic oxidation sites excluding steroid dienone is 1. The van der Waals surface area contributed by atoms with E-state index in [1.54, 1.807) is 19.4 Å². The smallest absolute Gasteiger partial charge is 0.128 e. The molecule has 2 nitrogen and oxygen atoms in total. The number of fused-ring (bicyclic) bond motifs is 5. The first-order chi connectivity index (χ1) is 15.3. The highest BCUT2D eigenvalue weighted by Gasteiger charge is 2.58. The average molecular weight is 463 g/mol. The lowest BCUT2D eigenvalue weighted by Crippen LogP contribution is -2.50. The Morgan fingerprint density at radius 2 is 1.79 bits per heavy atom. The molecule has 0 aromatic carbocycles. The molecule has 0 aromatic rings. The molecule has 4 aliphatic rings. The first-order valence-corrected chi connectivity index (χ1v) is 14.0. The van der Waals surface area contributed by atoms with Crippen LogP contribution >= 0.6 is 0 Å². The summed E-state index contributed by atoms with van der Waals surface area (Å²) in [5, 5.41) is 10.0. The van der Waals surface area contributed by atoms with Gasteiger partial charge < -0.3 is 9.84 Å². The van der Waals surface area contributed by atoms with Crippen LogP contribution < -0.4 is 0 Å². The highest BCUT2D eigenvalue weighted by Crippen LogP contribution is 2.66. The molecular formula is C30H51FO2. The van der Waals surface area contributed by atoms with Crippen LogP contribution in [-0.2, 0) is 4.74 Å². The van der Waals surface area contributed by atoms with Gasteiger partial charge in [-0.25, -0.2) is 4.39 Å². The molecule has 0 spiro atoms. The predicted octanol–water partition coefficient (Wildman–Crippen LogP) is 8.03. The van der Waals surface area contributed by atoms with Gasteiger partial charge in [0, 0.05) is 0 Å². The van der Waals surface area contributed by atoms with Crippen molar-refractivity contribution in [2.45, 2.75) is 136 Å². The third-order valence-corrected chi connectivity index (χ3v) is 10.5. The number of rotatable bonds is 8. The molecule has 1 N–H and O–H groups in total. The third kappa shape index (κ3) is 5.40. The van der Waals surface area contributed by atoms with E-state index >= 15 is 0 Å². The van der Waals surface area contributed by atoms with Gasteiger partial charge in [-0.3, -0.25) is 0 Å². The van der Waals surface area contributed by atoms with E-state index in [2.05, 4.69) is 19.9 Å². The van der Waals surface area contributed by atoms with E-state index < -0.39 is 11.3 Å².